The van der Waals surface area contributed by atoms with Gasteiger partial charge in [-0.15, -0.1) is 0 Å². The van der Waals surface area contributed by atoms with Crippen LogP contribution >= 0.6 is 0 Å². The summed E-state index contributed by atoms with van der Waals surface area (Å²) in [4.78, 5) is 11.9. The molecule has 0 radical (unpaired) electrons. The number of hydrogen-bond donors (Lipinski definition) is 2. The molecule has 4 nitrogen and oxygen atoms in total. The highest BCUT2D eigenvalue weighted by molar-refractivity contribution is 5.83. The minimum Gasteiger partial charge on any atom is -0.377 e. The van der Waals surface area contributed by atoms with Gasteiger partial charge in [0.25, 0.3) is 0 Å². The molecule has 80 valence electrons. The third-order valence-electron chi connectivity index (χ3n) is 3.52. The third kappa shape index (κ3) is 1.53. The molecule has 0 aromatic heterocycles. The summed E-state index contributed by atoms with van der Waals surface area (Å²) in [5, 5.41) is 2.99. The molecule has 1 saturated heterocycles. The van der Waals surface area contributed by atoms with Crippen molar-refractivity contribution in [1.29, 1.82) is 0 Å². The van der Waals surface area contributed by atoms with Crippen molar-refractivity contribution in [1.82, 2.24) is 5.32 Å². The largest absolute Gasteiger partial charge is 0.377 e. The van der Waals surface area contributed by atoms with Gasteiger partial charge in [-0.2, -0.15) is 0 Å². The van der Waals surface area contributed by atoms with E-state index in [1.807, 2.05) is 6.92 Å². The van der Waals surface area contributed by atoms with Crippen molar-refractivity contribution in [2.75, 3.05) is 13.2 Å². The maximum absolute atomic E-state index is 11.9. The first kappa shape index (κ1) is 9.93. The van der Waals surface area contributed by atoms with Crippen molar-refractivity contribution < 1.29 is 9.53 Å². The minimum absolute atomic E-state index is 0.0171. The van der Waals surface area contributed by atoms with Gasteiger partial charge in [0, 0.05) is 6.04 Å². The fourth-order valence-electron chi connectivity index (χ4n) is 2.14. The summed E-state index contributed by atoms with van der Waals surface area (Å²) in [7, 11) is 0. The Labute approximate surface area is 84.2 Å². The van der Waals surface area contributed by atoms with Crippen molar-refractivity contribution in [3.63, 3.8) is 0 Å². The predicted molar refractivity (Wildman–Crippen MR) is 52.7 cm³/mol. The second kappa shape index (κ2) is 3.51. The van der Waals surface area contributed by atoms with Crippen molar-refractivity contribution in [3.05, 3.63) is 0 Å². The lowest BCUT2D eigenvalue weighted by molar-refractivity contribution is -0.134. The van der Waals surface area contributed by atoms with Crippen molar-refractivity contribution in [2.45, 2.75) is 38.3 Å². The number of amides is 1. The smallest absolute Gasteiger partial charge is 0.227 e. The van der Waals surface area contributed by atoms with Crippen LogP contribution in [0.25, 0.3) is 0 Å². The number of hydrogen-bond acceptors (Lipinski definition) is 3. The molecule has 2 rings (SSSR count). The average Bonchev–Trinajstić information content (AvgIpc) is 2.41. The van der Waals surface area contributed by atoms with E-state index in [9.17, 15) is 4.79 Å². The molecule has 1 heterocycles. The molecule has 1 amide bonds. The highest BCUT2D eigenvalue weighted by Gasteiger charge is 2.43. The molecular weight excluding hydrogens is 180 g/mol. The SMILES string of the molecule is CC1(C(=O)NC2COC2)CCCC1N. The van der Waals surface area contributed by atoms with Gasteiger partial charge < -0.3 is 15.8 Å². The molecule has 0 spiro atoms. The van der Waals surface area contributed by atoms with E-state index in [-0.39, 0.29) is 23.4 Å². The van der Waals surface area contributed by atoms with E-state index in [0.29, 0.717) is 13.2 Å². The number of ether oxygens (including phenoxy) is 1. The standard InChI is InChI=1S/C10H18N2O2/c1-10(4-2-3-8(10)11)9(13)12-7-5-14-6-7/h7-8H,2-6,11H2,1H3,(H,12,13). The average molecular weight is 198 g/mol. The molecule has 2 fully saturated rings. The summed E-state index contributed by atoms with van der Waals surface area (Å²) in [5.41, 5.74) is 5.61. The Balaban J connectivity index is 1.94. The van der Waals surface area contributed by atoms with Gasteiger partial charge in [-0.05, 0) is 19.8 Å². The van der Waals surface area contributed by atoms with Gasteiger partial charge in [0.1, 0.15) is 0 Å². The second-order valence-corrected chi connectivity index (χ2v) is 4.62. The van der Waals surface area contributed by atoms with Crippen LogP contribution in [0.5, 0.6) is 0 Å². The molecule has 0 bridgehead atoms. The summed E-state index contributed by atoms with van der Waals surface area (Å²) < 4.78 is 5.01. The molecule has 1 aliphatic carbocycles. The van der Waals surface area contributed by atoms with Crippen molar-refractivity contribution in [2.24, 2.45) is 11.1 Å². The molecule has 2 unspecified atom stereocenters. The van der Waals surface area contributed by atoms with Crippen LogP contribution in [0.1, 0.15) is 26.2 Å². The Kier molecular flexibility index (Phi) is 2.49. The number of rotatable bonds is 2. The number of carbonyl (C=O) groups excluding carboxylic acids is 1. The van der Waals surface area contributed by atoms with Gasteiger partial charge in [-0.3, -0.25) is 4.79 Å². The van der Waals surface area contributed by atoms with E-state index in [1.54, 1.807) is 0 Å². The molecule has 1 saturated carbocycles. The summed E-state index contributed by atoms with van der Waals surface area (Å²) >= 11 is 0. The number of nitrogens with two attached hydrogens (primary N) is 1. The number of carbonyl (C=O) groups is 1. The summed E-state index contributed by atoms with van der Waals surface area (Å²) in [6.07, 6.45) is 2.94. The summed E-state index contributed by atoms with van der Waals surface area (Å²) in [6.45, 7) is 3.27. The number of nitrogens with one attached hydrogen (secondary N) is 1. The van der Waals surface area contributed by atoms with Crippen LogP contribution in [-0.2, 0) is 9.53 Å². The monoisotopic (exact) mass is 198 g/mol. The van der Waals surface area contributed by atoms with Crippen LogP contribution in [0, 0.1) is 5.41 Å². The normalized spacial score (nSPS) is 38.0. The first-order valence-corrected chi connectivity index (χ1v) is 5.27. The van der Waals surface area contributed by atoms with E-state index < -0.39 is 0 Å². The lowest BCUT2D eigenvalue weighted by atomic mass is 9.84. The van der Waals surface area contributed by atoms with Crippen LogP contribution < -0.4 is 11.1 Å². The molecule has 1 aliphatic heterocycles. The van der Waals surface area contributed by atoms with E-state index in [2.05, 4.69) is 5.32 Å². The first-order chi connectivity index (χ1) is 6.63. The molecule has 14 heavy (non-hydrogen) atoms. The lowest BCUT2D eigenvalue weighted by Gasteiger charge is -2.33. The lowest BCUT2D eigenvalue weighted by Crippen LogP contribution is -2.55. The van der Waals surface area contributed by atoms with Gasteiger partial charge in [0.15, 0.2) is 0 Å². The third-order valence-corrected chi connectivity index (χ3v) is 3.52. The van der Waals surface area contributed by atoms with Gasteiger partial charge in [-0.25, -0.2) is 0 Å². The molecule has 0 aromatic carbocycles. The Bertz CT molecular complexity index is 240. The molecule has 0 aromatic rings. The van der Waals surface area contributed by atoms with E-state index in [0.717, 1.165) is 19.3 Å². The van der Waals surface area contributed by atoms with E-state index in [4.69, 9.17) is 10.5 Å². The molecule has 2 atom stereocenters. The Morgan fingerprint density at radius 2 is 2.29 bits per heavy atom. The van der Waals surface area contributed by atoms with Crippen LogP contribution in [0.15, 0.2) is 0 Å². The van der Waals surface area contributed by atoms with Crippen LogP contribution in [0.2, 0.25) is 0 Å². The highest BCUT2D eigenvalue weighted by atomic mass is 16.5. The summed E-state index contributed by atoms with van der Waals surface area (Å²) in [6, 6.07) is 0.232. The fraction of sp³-hybridized carbons (Fsp3) is 0.900. The zero-order valence-electron chi connectivity index (χ0n) is 8.58. The van der Waals surface area contributed by atoms with Crippen molar-refractivity contribution in [3.8, 4) is 0 Å². The van der Waals surface area contributed by atoms with Crippen LogP contribution in [0.4, 0.5) is 0 Å². The predicted octanol–water partition coefficient (Wildman–Crippen LogP) is 0.0189. The minimum atomic E-state index is -0.352. The topological polar surface area (TPSA) is 64.3 Å². The molecule has 2 aliphatic rings. The summed E-state index contributed by atoms with van der Waals surface area (Å²) in [5.74, 6) is 0.107. The molecular formula is C10H18N2O2. The quantitative estimate of drug-likeness (QED) is 0.657. The first-order valence-electron chi connectivity index (χ1n) is 5.27. The highest BCUT2D eigenvalue weighted by Crippen LogP contribution is 2.36. The maximum Gasteiger partial charge on any atom is 0.227 e. The molecule has 4 heteroatoms. The Morgan fingerprint density at radius 1 is 1.57 bits per heavy atom. The Morgan fingerprint density at radius 3 is 2.71 bits per heavy atom. The maximum atomic E-state index is 11.9. The zero-order valence-corrected chi connectivity index (χ0v) is 8.58. The fourth-order valence-corrected chi connectivity index (χ4v) is 2.14. The van der Waals surface area contributed by atoms with Gasteiger partial charge in [0.2, 0.25) is 5.91 Å². The van der Waals surface area contributed by atoms with Gasteiger partial charge in [-0.1, -0.05) is 6.42 Å². The van der Waals surface area contributed by atoms with E-state index in [1.165, 1.54) is 0 Å². The Hall–Kier alpha value is -0.610. The van der Waals surface area contributed by atoms with Crippen LogP contribution in [-0.4, -0.2) is 31.2 Å². The van der Waals surface area contributed by atoms with Crippen LogP contribution in [0.3, 0.4) is 0 Å². The second-order valence-electron chi connectivity index (χ2n) is 4.62. The zero-order chi connectivity index (χ0) is 10.2. The van der Waals surface area contributed by atoms with Gasteiger partial charge >= 0.3 is 0 Å². The van der Waals surface area contributed by atoms with Gasteiger partial charge in [0.05, 0.1) is 24.7 Å². The van der Waals surface area contributed by atoms with Crippen molar-refractivity contribution >= 4 is 5.91 Å². The molecule has 3 N–H and O–H groups in total. The van der Waals surface area contributed by atoms with E-state index >= 15 is 0 Å².